The number of nitrogens with zero attached hydrogens (tertiary/aromatic N) is 2. The van der Waals surface area contributed by atoms with Crippen molar-refractivity contribution < 1.29 is 9.84 Å². The summed E-state index contributed by atoms with van der Waals surface area (Å²) in [6.45, 7) is 0.436. The van der Waals surface area contributed by atoms with Crippen LogP contribution in [0.3, 0.4) is 0 Å². The SMILES string of the molecule is Cn1cncc1COc1c(Br)cc(CO)cc1Br. The molecule has 0 atom stereocenters. The predicted octanol–water partition coefficient (Wildman–Crippen LogP) is 3.02. The van der Waals surface area contributed by atoms with Crippen LogP contribution in [0.2, 0.25) is 0 Å². The maximum absolute atomic E-state index is 9.10. The molecule has 1 aromatic carbocycles. The molecule has 0 spiro atoms. The summed E-state index contributed by atoms with van der Waals surface area (Å²) in [6, 6.07) is 3.67. The van der Waals surface area contributed by atoms with Crippen LogP contribution in [0.5, 0.6) is 5.75 Å². The molecule has 0 aliphatic heterocycles. The van der Waals surface area contributed by atoms with Crippen LogP contribution in [0, 0.1) is 0 Å². The first-order valence-corrected chi connectivity index (χ1v) is 6.87. The Morgan fingerprint density at radius 1 is 1.33 bits per heavy atom. The molecule has 0 unspecified atom stereocenters. The minimum Gasteiger partial charge on any atom is -0.485 e. The van der Waals surface area contributed by atoms with E-state index in [4.69, 9.17) is 9.84 Å². The standard InChI is InChI=1S/C12H12Br2N2O2/c1-16-7-15-4-9(16)6-18-12-10(13)2-8(5-17)3-11(12)14/h2-4,7,17H,5-6H2,1H3. The van der Waals surface area contributed by atoms with Gasteiger partial charge in [-0.15, -0.1) is 0 Å². The first-order chi connectivity index (χ1) is 8.61. The monoisotopic (exact) mass is 374 g/mol. The van der Waals surface area contributed by atoms with Crippen molar-refractivity contribution in [2.45, 2.75) is 13.2 Å². The lowest BCUT2D eigenvalue weighted by molar-refractivity contribution is 0.279. The average molecular weight is 376 g/mol. The number of aryl methyl sites for hydroxylation is 1. The van der Waals surface area contributed by atoms with Gasteiger partial charge in [-0.25, -0.2) is 4.98 Å². The van der Waals surface area contributed by atoms with Crippen LogP contribution in [0.4, 0.5) is 0 Å². The van der Waals surface area contributed by atoms with E-state index in [1.54, 1.807) is 12.5 Å². The topological polar surface area (TPSA) is 47.3 Å². The number of hydrogen-bond donors (Lipinski definition) is 1. The Balaban J connectivity index is 2.17. The van der Waals surface area contributed by atoms with Crippen LogP contribution in [0.1, 0.15) is 11.3 Å². The second-order valence-corrected chi connectivity index (χ2v) is 5.54. The van der Waals surface area contributed by atoms with E-state index in [0.717, 1.165) is 20.2 Å². The molecule has 0 amide bonds. The highest BCUT2D eigenvalue weighted by Gasteiger charge is 2.10. The van der Waals surface area contributed by atoms with Crippen LogP contribution < -0.4 is 4.74 Å². The summed E-state index contributed by atoms with van der Waals surface area (Å²) in [5, 5.41) is 9.10. The Hall–Kier alpha value is -0.850. The largest absolute Gasteiger partial charge is 0.485 e. The Bertz CT molecular complexity index is 532. The molecule has 96 valence electrons. The van der Waals surface area contributed by atoms with Crippen LogP contribution in [-0.2, 0) is 20.3 Å². The third-order valence-corrected chi connectivity index (χ3v) is 3.70. The van der Waals surface area contributed by atoms with Crippen molar-refractivity contribution >= 4 is 31.9 Å². The number of benzene rings is 1. The number of aliphatic hydroxyl groups is 1. The van der Waals surface area contributed by atoms with Crippen LogP contribution >= 0.6 is 31.9 Å². The van der Waals surface area contributed by atoms with E-state index in [2.05, 4.69) is 36.8 Å². The van der Waals surface area contributed by atoms with Gasteiger partial charge in [0.2, 0.25) is 0 Å². The Labute approximate surface area is 122 Å². The molecule has 0 saturated heterocycles. The third kappa shape index (κ3) is 2.93. The van der Waals surface area contributed by atoms with Crippen molar-refractivity contribution in [1.82, 2.24) is 9.55 Å². The third-order valence-electron chi connectivity index (χ3n) is 2.52. The van der Waals surface area contributed by atoms with E-state index in [-0.39, 0.29) is 6.61 Å². The number of halogens is 2. The van der Waals surface area contributed by atoms with E-state index < -0.39 is 0 Å². The second-order valence-electron chi connectivity index (χ2n) is 3.83. The predicted molar refractivity (Wildman–Crippen MR) is 75.3 cm³/mol. The minimum atomic E-state index is -0.000783. The first kappa shape index (κ1) is 13.6. The maximum atomic E-state index is 9.10. The number of imidazole rings is 1. The summed E-state index contributed by atoms with van der Waals surface area (Å²) < 4.78 is 9.28. The quantitative estimate of drug-likeness (QED) is 0.893. The van der Waals surface area contributed by atoms with Crippen LogP contribution in [0.15, 0.2) is 33.6 Å². The lowest BCUT2D eigenvalue weighted by Gasteiger charge is -2.11. The van der Waals surface area contributed by atoms with Gasteiger partial charge >= 0.3 is 0 Å². The zero-order chi connectivity index (χ0) is 13.1. The van der Waals surface area contributed by atoms with Gasteiger partial charge in [0.05, 0.1) is 33.8 Å². The number of ether oxygens (including phenoxy) is 1. The van der Waals surface area contributed by atoms with Gasteiger partial charge in [0.25, 0.3) is 0 Å². The van der Waals surface area contributed by atoms with Crippen molar-refractivity contribution in [1.29, 1.82) is 0 Å². The molecule has 0 fully saturated rings. The highest BCUT2D eigenvalue weighted by Crippen LogP contribution is 2.35. The Kier molecular flexibility index (Phi) is 4.42. The smallest absolute Gasteiger partial charge is 0.148 e. The van der Waals surface area contributed by atoms with Gasteiger partial charge < -0.3 is 14.4 Å². The van der Waals surface area contributed by atoms with E-state index in [1.165, 1.54) is 0 Å². The molecule has 0 saturated carbocycles. The van der Waals surface area contributed by atoms with Gasteiger partial charge in [-0.1, -0.05) is 0 Å². The summed E-state index contributed by atoms with van der Waals surface area (Å²) >= 11 is 6.87. The number of rotatable bonds is 4. The summed E-state index contributed by atoms with van der Waals surface area (Å²) in [7, 11) is 1.92. The van der Waals surface area contributed by atoms with E-state index >= 15 is 0 Å². The zero-order valence-electron chi connectivity index (χ0n) is 9.73. The molecule has 1 N–H and O–H groups in total. The molecule has 1 aromatic heterocycles. The van der Waals surface area contributed by atoms with Crippen LogP contribution in [-0.4, -0.2) is 14.7 Å². The zero-order valence-corrected chi connectivity index (χ0v) is 12.9. The lowest BCUT2D eigenvalue weighted by atomic mass is 10.2. The average Bonchev–Trinajstić information content (AvgIpc) is 2.73. The van der Waals surface area contributed by atoms with Crippen molar-refractivity contribution in [3.63, 3.8) is 0 Å². The first-order valence-electron chi connectivity index (χ1n) is 5.28. The minimum absolute atomic E-state index is 0.000783. The lowest BCUT2D eigenvalue weighted by Crippen LogP contribution is -2.02. The van der Waals surface area contributed by atoms with E-state index in [9.17, 15) is 0 Å². The second kappa shape index (κ2) is 5.86. The molecule has 6 heteroatoms. The highest BCUT2D eigenvalue weighted by atomic mass is 79.9. The van der Waals surface area contributed by atoms with Crippen molar-refractivity contribution in [2.24, 2.45) is 7.05 Å². The number of hydrogen-bond acceptors (Lipinski definition) is 3. The van der Waals surface area contributed by atoms with Gasteiger partial charge in [0.1, 0.15) is 12.4 Å². The number of aliphatic hydroxyl groups excluding tert-OH is 1. The van der Waals surface area contributed by atoms with E-state index in [1.807, 2.05) is 23.7 Å². The van der Waals surface area contributed by atoms with Gasteiger partial charge in [0.15, 0.2) is 0 Å². The molecule has 4 nitrogen and oxygen atoms in total. The van der Waals surface area contributed by atoms with Gasteiger partial charge in [-0.05, 0) is 49.6 Å². The molecule has 18 heavy (non-hydrogen) atoms. The van der Waals surface area contributed by atoms with E-state index in [0.29, 0.717) is 12.4 Å². The van der Waals surface area contributed by atoms with Crippen molar-refractivity contribution in [2.75, 3.05) is 0 Å². The molecule has 1 heterocycles. The summed E-state index contributed by atoms with van der Waals surface area (Å²) in [6.07, 6.45) is 3.50. The fourth-order valence-corrected chi connectivity index (χ4v) is 3.02. The Morgan fingerprint density at radius 3 is 2.50 bits per heavy atom. The summed E-state index contributed by atoms with van der Waals surface area (Å²) in [5.74, 6) is 0.716. The Morgan fingerprint density at radius 2 is 2.00 bits per heavy atom. The van der Waals surface area contributed by atoms with Crippen molar-refractivity contribution in [3.05, 3.63) is 44.9 Å². The molecule has 2 aromatic rings. The fourth-order valence-electron chi connectivity index (χ4n) is 1.51. The molecule has 0 bridgehead atoms. The molecule has 2 rings (SSSR count). The molecule has 0 aliphatic rings. The van der Waals surface area contributed by atoms with Gasteiger partial charge in [0, 0.05) is 7.05 Å². The fraction of sp³-hybridized carbons (Fsp3) is 0.250. The molecular weight excluding hydrogens is 364 g/mol. The maximum Gasteiger partial charge on any atom is 0.148 e. The molecule has 0 radical (unpaired) electrons. The summed E-state index contributed by atoms with van der Waals surface area (Å²) in [4.78, 5) is 4.03. The molecule has 0 aliphatic carbocycles. The van der Waals surface area contributed by atoms with Crippen molar-refractivity contribution in [3.8, 4) is 5.75 Å². The van der Waals surface area contributed by atoms with Gasteiger partial charge in [-0.3, -0.25) is 0 Å². The number of aromatic nitrogens is 2. The normalized spacial score (nSPS) is 10.7. The highest BCUT2D eigenvalue weighted by molar-refractivity contribution is 9.11. The van der Waals surface area contributed by atoms with Gasteiger partial charge in [-0.2, -0.15) is 0 Å². The van der Waals surface area contributed by atoms with Crippen LogP contribution in [0.25, 0.3) is 0 Å². The molecular formula is C12H12Br2N2O2. The summed E-state index contributed by atoms with van der Waals surface area (Å²) in [5.41, 5.74) is 1.81.